The minimum atomic E-state index is -3.24. The van der Waals surface area contributed by atoms with Crippen molar-refractivity contribution < 1.29 is 37.4 Å². The molecule has 4 atom stereocenters. The first kappa shape index (κ1) is 32.6. The van der Waals surface area contributed by atoms with Gasteiger partial charge < -0.3 is 20.1 Å². The van der Waals surface area contributed by atoms with Crippen LogP contribution in [-0.2, 0) is 19.1 Å². The number of carbonyl (C=O) groups is 3. The number of hydrogen-bond acceptors (Lipinski definition) is 9. The molecule has 2 N–H and O–H groups in total. The number of nitrogens with zero attached hydrogens (tertiary/aromatic N) is 4. The van der Waals surface area contributed by atoms with Crippen molar-refractivity contribution in [2.45, 2.75) is 62.8 Å². The molecule has 2 aromatic rings. The van der Waals surface area contributed by atoms with Gasteiger partial charge in [-0.05, 0) is 56.7 Å². The van der Waals surface area contributed by atoms with Gasteiger partial charge in [0, 0.05) is 36.4 Å². The van der Waals surface area contributed by atoms with Crippen LogP contribution in [0.15, 0.2) is 46.0 Å². The maximum atomic E-state index is 15.8. The van der Waals surface area contributed by atoms with E-state index in [1.54, 1.807) is 31.5 Å². The number of benzene rings is 1. The molecule has 10 nitrogen and oxygen atoms in total. The number of carbonyl (C=O) groups excluding carboxylic acids is 2. The van der Waals surface area contributed by atoms with Gasteiger partial charge in [0.05, 0.1) is 30.6 Å². The second-order valence-corrected chi connectivity index (χ2v) is 14.0. The van der Waals surface area contributed by atoms with Gasteiger partial charge in [0.2, 0.25) is 5.91 Å². The lowest BCUT2D eigenvalue weighted by molar-refractivity contribution is -0.143. The molecule has 2 saturated heterocycles. The summed E-state index contributed by atoms with van der Waals surface area (Å²) in [5, 5.41) is 13.1. The highest BCUT2D eigenvalue weighted by molar-refractivity contribution is 7.21. The highest BCUT2D eigenvalue weighted by atomic mass is 32.1. The summed E-state index contributed by atoms with van der Waals surface area (Å²) >= 11 is 1.28. The van der Waals surface area contributed by atoms with Crippen LogP contribution in [-0.4, -0.2) is 87.1 Å². The molecule has 1 unspecified atom stereocenters. The van der Waals surface area contributed by atoms with Gasteiger partial charge in [-0.1, -0.05) is 12.1 Å². The van der Waals surface area contributed by atoms with Crippen LogP contribution in [0.5, 0.6) is 0 Å². The summed E-state index contributed by atoms with van der Waals surface area (Å²) in [6.45, 7) is 2.09. The first-order chi connectivity index (χ1) is 21.9. The van der Waals surface area contributed by atoms with Crippen LogP contribution in [0.2, 0.25) is 0 Å². The van der Waals surface area contributed by atoms with Crippen molar-refractivity contribution in [3.8, 4) is 0 Å². The number of nitrogens with one attached hydrogen (secondary N) is 1. The lowest BCUT2D eigenvalue weighted by Gasteiger charge is -2.38. The minimum Gasteiger partial charge on any atom is -0.481 e. The van der Waals surface area contributed by atoms with Crippen molar-refractivity contribution in [2.24, 2.45) is 16.8 Å². The third-order valence-electron chi connectivity index (χ3n) is 9.64. The molecular formula is C31H35F3N5O5PS. The Kier molecular flexibility index (Phi) is 8.75. The highest BCUT2D eigenvalue weighted by Gasteiger charge is 2.70. The van der Waals surface area contributed by atoms with Crippen molar-refractivity contribution in [2.75, 3.05) is 26.2 Å². The second-order valence-electron chi connectivity index (χ2n) is 12.2. The molecule has 6 rings (SSSR count). The fourth-order valence-electron chi connectivity index (χ4n) is 7.20. The Balaban J connectivity index is 1.39. The number of fused-ring (bicyclic) bond motifs is 1. The Hall–Kier alpha value is -3.35. The smallest absolute Gasteiger partial charge is 0.338 e. The van der Waals surface area contributed by atoms with Crippen molar-refractivity contribution in [3.05, 3.63) is 63.0 Å². The summed E-state index contributed by atoms with van der Waals surface area (Å²) in [6, 6.07) is 3.10. The monoisotopic (exact) mass is 677 g/mol. The van der Waals surface area contributed by atoms with Gasteiger partial charge in [-0.3, -0.25) is 19.5 Å². The quantitative estimate of drug-likeness (QED) is 0.316. The standard InChI is InChI=1S/C31H35F3N5O5PS/c1-3-44-28(42)23-21(36-25(26-35-11-12-46-26)37-24(23)19-5-4-6-20(32)16(19)2)13-38-15-30(33,34)22-14-39(29(43)31(22,38)45)18-9-7-17(8-10-18)27(40)41/h4-6,11-12,17-18,22,24H,3,7-10,13-15,45H2,1-2H3,(H,36,37)(H,40,41)/t17?,18?,22-,24-,31-/m0/s1. The molecule has 0 spiro atoms. The number of rotatable bonds is 8. The lowest BCUT2D eigenvalue weighted by Crippen LogP contribution is -2.52. The Morgan fingerprint density at radius 2 is 1.98 bits per heavy atom. The van der Waals surface area contributed by atoms with Crippen LogP contribution in [0.1, 0.15) is 54.8 Å². The molecule has 3 fully saturated rings. The van der Waals surface area contributed by atoms with Crippen molar-refractivity contribution in [1.29, 1.82) is 0 Å². The largest absolute Gasteiger partial charge is 0.481 e. The van der Waals surface area contributed by atoms with E-state index in [9.17, 15) is 23.9 Å². The van der Waals surface area contributed by atoms with Crippen LogP contribution in [0, 0.1) is 24.6 Å². The fourth-order valence-corrected chi connectivity index (χ4v) is 8.48. The van der Waals surface area contributed by atoms with Gasteiger partial charge in [-0.2, -0.15) is 0 Å². The van der Waals surface area contributed by atoms with E-state index in [0.29, 0.717) is 36.3 Å². The number of likely N-dealkylation sites (tertiary alicyclic amines) is 2. The Morgan fingerprint density at radius 3 is 2.63 bits per heavy atom. The van der Waals surface area contributed by atoms with Crippen LogP contribution < -0.4 is 5.32 Å². The number of carboxylic acids is 1. The molecule has 46 heavy (non-hydrogen) atoms. The molecule has 15 heteroatoms. The SMILES string of the molecule is CCOC(=O)C1=C(CN2CC(F)(F)[C@@H]3CN(C4CCC(C(=O)O)CC4)C(=O)[C@@]32P)NC(c2nccs2)=N[C@H]1c1cccc(F)c1C. The van der Waals surface area contributed by atoms with Gasteiger partial charge in [0.1, 0.15) is 17.1 Å². The number of halogens is 3. The van der Waals surface area contributed by atoms with Crippen LogP contribution in [0.4, 0.5) is 13.2 Å². The second kappa shape index (κ2) is 12.4. The maximum absolute atomic E-state index is 15.8. The first-order valence-electron chi connectivity index (χ1n) is 15.2. The van der Waals surface area contributed by atoms with E-state index in [1.165, 1.54) is 33.3 Å². The number of aliphatic imine (C=N–C) groups is 1. The molecule has 1 saturated carbocycles. The number of ether oxygens (including phenoxy) is 1. The number of thiazole rings is 1. The van der Waals surface area contributed by atoms with Crippen LogP contribution in [0.25, 0.3) is 0 Å². The number of aliphatic carboxylic acids is 1. The number of alkyl halides is 2. The zero-order valence-electron chi connectivity index (χ0n) is 25.3. The number of amides is 1. The summed E-state index contributed by atoms with van der Waals surface area (Å²) in [5.41, 5.74) is 0.915. The minimum absolute atomic E-state index is 0.0303. The van der Waals surface area contributed by atoms with Gasteiger partial charge in [-0.25, -0.2) is 22.9 Å². The number of aromatic nitrogens is 1. The first-order valence-corrected chi connectivity index (χ1v) is 16.7. The van der Waals surface area contributed by atoms with Gasteiger partial charge >= 0.3 is 11.9 Å². The number of esters is 1. The zero-order valence-corrected chi connectivity index (χ0v) is 27.3. The van der Waals surface area contributed by atoms with Crippen molar-refractivity contribution in [1.82, 2.24) is 20.1 Å². The molecule has 1 aromatic carbocycles. The van der Waals surface area contributed by atoms with Crippen molar-refractivity contribution >= 4 is 44.3 Å². The Bertz CT molecular complexity index is 1610. The van der Waals surface area contributed by atoms with E-state index in [1.807, 2.05) is 0 Å². The molecule has 4 aliphatic rings. The molecule has 1 aromatic heterocycles. The Morgan fingerprint density at radius 1 is 1.24 bits per heavy atom. The summed E-state index contributed by atoms with van der Waals surface area (Å²) in [4.78, 5) is 51.2. The average Bonchev–Trinajstić information content (AvgIpc) is 3.70. The van der Waals surface area contributed by atoms with Gasteiger partial charge in [-0.15, -0.1) is 20.6 Å². The predicted octanol–water partition coefficient (Wildman–Crippen LogP) is 4.12. The van der Waals surface area contributed by atoms with E-state index in [4.69, 9.17) is 9.73 Å². The van der Waals surface area contributed by atoms with Gasteiger partial charge in [0.15, 0.2) is 10.8 Å². The summed E-state index contributed by atoms with van der Waals surface area (Å²) < 4.78 is 51.9. The molecule has 246 valence electrons. The van der Waals surface area contributed by atoms with Crippen molar-refractivity contribution in [3.63, 3.8) is 0 Å². The molecule has 1 amide bonds. The van der Waals surface area contributed by atoms with E-state index in [-0.39, 0.29) is 48.4 Å². The van der Waals surface area contributed by atoms with Crippen LogP contribution >= 0.6 is 20.6 Å². The number of carboxylic acid groups (broad SMARTS) is 1. The third-order valence-corrected chi connectivity index (χ3v) is 11.4. The van der Waals surface area contributed by atoms with E-state index < -0.39 is 59.3 Å². The molecule has 0 radical (unpaired) electrons. The average molecular weight is 678 g/mol. The van der Waals surface area contributed by atoms with E-state index >= 15 is 8.78 Å². The van der Waals surface area contributed by atoms with Crippen LogP contribution in [0.3, 0.4) is 0 Å². The molecule has 4 heterocycles. The summed E-state index contributed by atoms with van der Waals surface area (Å²) in [6.07, 6.45) is 3.17. The highest BCUT2D eigenvalue weighted by Crippen LogP contribution is 2.55. The molecule has 3 aliphatic heterocycles. The normalized spacial score (nSPS) is 29.4. The van der Waals surface area contributed by atoms with Gasteiger partial charge in [0.25, 0.3) is 5.92 Å². The predicted molar refractivity (Wildman–Crippen MR) is 167 cm³/mol. The zero-order chi connectivity index (χ0) is 33.0. The molecule has 0 bridgehead atoms. The lowest BCUT2D eigenvalue weighted by atomic mass is 9.85. The fraction of sp³-hybridized carbons (Fsp3) is 0.516. The maximum Gasteiger partial charge on any atom is 0.338 e. The van der Waals surface area contributed by atoms with E-state index in [2.05, 4.69) is 19.5 Å². The molecule has 1 aliphatic carbocycles. The topological polar surface area (TPSA) is 124 Å². The molecular weight excluding hydrogens is 642 g/mol. The summed E-state index contributed by atoms with van der Waals surface area (Å²) in [5.74, 6) is -7.41. The summed E-state index contributed by atoms with van der Waals surface area (Å²) in [7, 11) is 2.39. The van der Waals surface area contributed by atoms with E-state index in [0.717, 1.165) is 0 Å². The Labute approximate surface area is 270 Å². The number of amidine groups is 1. The third kappa shape index (κ3) is 5.51. The number of hydrogen-bond donors (Lipinski definition) is 2.